The third kappa shape index (κ3) is 1.71. The van der Waals surface area contributed by atoms with Crippen LogP contribution < -0.4 is 5.69 Å². The topological polar surface area (TPSA) is 67.8 Å². The van der Waals surface area contributed by atoms with Gasteiger partial charge in [0, 0.05) is 5.56 Å². The van der Waals surface area contributed by atoms with Crippen LogP contribution in [-0.4, -0.2) is 20.5 Å². The Balaban J connectivity index is 2.44. The van der Waals surface area contributed by atoms with Crippen LogP contribution in [-0.2, 0) is 0 Å². The number of aromatic amines is 1. The molecule has 0 atom stereocenters. The van der Waals surface area contributed by atoms with Crippen LogP contribution in [0.5, 0.6) is 0 Å². The van der Waals surface area contributed by atoms with Crippen LogP contribution in [0.2, 0.25) is 0 Å². The van der Waals surface area contributed by atoms with E-state index in [0.717, 1.165) is 0 Å². The summed E-state index contributed by atoms with van der Waals surface area (Å²) in [6.45, 7) is 1.50. The number of benzene rings is 1. The summed E-state index contributed by atoms with van der Waals surface area (Å²) < 4.78 is 1.36. The van der Waals surface area contributed by atoms with Gasteiger partial charge >= 0.3 is 5.69 Å². The second-order valence-electron chi connectivity index (χ2n) is 3.13. The Kier molecular flexibility index (Phi) is 2.21. The van der Waals surface area contributed by atoms with Gasteiger partial charge in [0.15, 0.2) is 5.78 Å². The lowest BCUT2D eigenvalue weighted by Gasteiger charge is -2.00. The van der Waals surface area contributed by atoms with Crippen LogP contribution in [0.4, 0.5) is 0 Å². The number of Topliss-reactive ketones (excluding diaryl/α,β-unsaturated/α-hetero) is 1. The van der Waals surface area contributed by atoms with E-state index in [1.54, 1.807) is 24.3 Å². The van der Waals surface area contributed by atoms with Crippen LogP contribution in [0.3, 0.4) is 0 Å². The zero-order valence-electron chi connectivity index (χ0n) is 8.10. The first-order chi connectivity index (χ1) is 7.18. The normalized spacial score (nSPS) is 10.2. The average Bonchev–Trinajstić information content (AvgIpc) is 2.65. The first-order valence-electron chi connectivity index (χ1n) is 4.42. The number of carbonyl (C=O) groups excluding carboxylic acids is 1. The number of rotatable bonds is 2. The summed E-state index contributed by atoms with van der Waals surface area (Å²) in [7, 11) is 0. The van der Waals surface area contributed by atoms with E-state index < -0.39 is 0 Å². The zero-order valence-corrected chi connectivity index (χ0v) is 8.10. The fourth-order valence-electron chi connectivity index (χ4n) is 1.29. The molecule has 0 radical (unpaired) electrons. The fraction of sp³-hybridized carbons (Fsp3) is 0.100. The Morgan fingerprint density at radius 1 is 1.33 bits per heavy atom. The molecule has 0 aliphatic rings. The van der Waals surface area contributed by atoms with Crippen molar-refractivity contribution >= 4 is 5.78 Å². The molecule has 1 N–H and O–H groups in total. The molecular weight excluding hydrogens is 194 g/mol. The molecule has 0 amide bonds. The number of H-pyrrole nitrogens is 1. The molecule has 2 aromatic rings. The van der Waals surface area contributed by atoms with E-state index in [9.17, 15) is 9.59 Å². The molecule has 1 aromatic carbocycles. The molecule has 0 aliphatic heterocycles. The van der Waals surface area contributed by atoms with Gasteiger partial charge in [-0.2, -0.15) is 5.10 Å². The first kappa shape index (κ1) is 9.39. The largest absolute Gasteiger partial charge is 0.347 e. The van der Waals surface area contributed by atoms with Crippen molar-refractivity contribution < 1.29 is 4.79 Å². The molecule has 0 fully saturated rings. The summed E-state index contributed by atoms with van der Waals surface area (Å²) in [5.41, 5.74) is 1.000. The second-order valence-corrected chi connectivity index (χ2v) is 3.13. The Labute approximate surface area is 85.4 Å². The van der Waals surface area contributed by atoms with E-state index in [1.165, 1.54) is 17.8 Å². The molecule has 0 saturated carbocycles. The maximum Gasteiger partial charge on any atom is 0.347 e. The van der Waals surface area contributed by atoms with Gasteiger partial charge in [-0.3, -0.25) is 4.79 Å². The van der Waals surface area contributed by atoms with Crippen molar-refractivity contribution in [1.82, 2.24) is 14.8 Å². The smallest absolute Gasteiger partial charge is 0.295 e. The summed E-state index contributed by atoms with van der Waals surface area (Å²) >= 11 is 0. The minimum atomic E-state index is -0.300. The first-order valence-corrected chi connectivity index (χ1v) is 4.42. The van der Waals surface area contributed by atoms with Gasteiger partial charge in [0.2, 0.25) is 0 Å². The van der Waals surface area contributed by atoms with Crippen LogP contribution in [0.1, 0.15) is 17.3 Å². The Hall–Kier alpha value is -2.17. The number of aromatic nitrogens is 3. The molecule has 2 rings (SSSR count). The maximum atomic E-state index is 11.2. The number of hydrogen-bond acceptors (Lipinski definition) is 3. The zero-order chi connectivity index (χ0) is 10.8. The van der Waals surface area contributed by atoms with Crippen LogP contribution in [0, 0.1) is 0 Å². The fourth-order valence-corrected chi connectivity index (χ4v) is 1.29. The SMILES string of the molecule is CC(=O)c1ccc(-n2cn[nH]c2=O)cc1. The van der Waals surface area contributed by atoms with Gasteiger partial charge in [-0.1, -0.05) is 0 Å². The van der Waals surface area contributed by atoms with Gasteiger partial charge in [0.05, 0.1) is 5.69 Å². The van der Waals surface area contributed by atoms with Crippen molar-refractivity contribution in [3.63, 3.8) is 0 Å². The van der Waals surface area contributed by atoms with Crippen LogP contribution >= 0.6 is 0 Å². The predicted octanol–water partition coefficient (Wildman–Crippen LogP) is 0.763. The third-order valence-corrected chi connectivity index (χ3v) is 2.10. The van der Waals surface area contributed by atoms with Crippen molar-refractivity contribution in [2.45, 2.75) is 6.92 Å². The van der Waals surface area contributed by atoms with Crippen molar-refractivity contribution in [2.24, 2.45) is 0 Å². The maximum absolute atomic E-state index is 11.2. The molecule has 15 heavy (non-hydrogen) atoms. The van der Waals surface area contributed by atoms with Crippen molar-refractivity contribution in [2.75, 3.05) is 0 Å². The summed E-state index contributed by atoms with van der Waals surface area (Å²) in [5.74, 6) is 0.00101. The summed E-state index contributed by atoms with van der Waals surface area (Å²) in [6.07, 6.45) is 1.39. The molecule has 5 nitrogen and oxygen atoms in total. The van der Waals surface area contributed by atoms with E-state index in [-0.39, 0.29) is 11.5 Å². The molecule has 0 bridgehead atoms. The van der Waals surface area contributed by atoms with Crippen molar-refractivity contribution in [3.8, 4) is 5.69 Å². The molecule has 1 aromatic heterocycles. The highest BCUT2D eigenvalue weighted by molar-refractivity contribution is 5.94. The Morgan fingerprint density at radius 2 is 2.00 bits per heavy atom. The number of carbonyl (C=O) groups is 1. The van der Waals surface area contributed by atoms with Gasteiger partial charge in [-0.05, 0) is 31.2 Å². The van der Waals surface area contributed by atoms with Crippen LogP contribution in [0.25, 0.3) is 5.69 Å². The molecule has 0 unspecified atom stereocenters. The highest BCUT2D eigenvalue weighted by Gasteiger charge is 2.02. The lowest BCUT2D eigenvalue weighted by molar-refractivity contribution is 0.101. The number of nitrogens with one attached hydrogen (secondary N) is 1. The molecule has 5 heteroatoms. The highest BCUT2D eigenvalue weighted by Crippen LogP contribution is 2.07. The summed E-state index contributed by atoms with van der Waals surface area (Å²) in [6, 6.07) is 6.76. The van der Waals surface area contributed by atoms with Gasteiger partial charge in [-0.15, -0.1) is 0 Å². The molecule has 76 valence electrons. The standard InChI is InChI=1S/C10H9N3O2/c1-7(14)8-2-4-9(5-3-8)13-6-11-12-10(13)15/h2-6H,1H3,(H,12,15). The second kappa shape index (κ2) is 3.53. The predicted molar refractivity (Wildman–Crippen MR) is 54.2 cm³/mol. The van der Waals surface area contributed by atoms with Gasteiger partial charge in [0.1, 0.15) is 6.33 Å². The Bertz CT molecular complexity index is 536. The minimum absolute atomic E-state index is 0.00101. The summed E-state index contributed by atoms with van der Waals surface area (Å²) in [4.78, 5) is 22.2. The van der Waals surface area contributed by atoms with E-state index >= 15 is 0 Å². The molecule has 0 saturated heterocycles. The van der Waals surface area contributed by atoms with E-state index in [2.05, 4.69) is 10.2 Å². The number of nitrogens with zero attached hydrogens (tertiary/aromatic N) is 2. The monoisotopic (exact) mass is 203 g/mol. The number of hydrogen-bond donors (Lipinski definition) is 1. The average molecular weight is 203 g/mol. The van der Waals surface area contributed by atoms with Gasteiger partial charge in [-0.25, -0.2) is 14.5 Å². The lowest BCUT2D eigenvalue weighted by Crippen LogP contribution is -2.14. The van der Waals surface area contributed by atoms with E-state index in [4.69, 9.17) is 0 Å². The minimum Gasteiger partial charge on any atom is -0.295 e. The Morgan fingerprint density at radius 3 is 2.47 bits per heavy atom. The van der Waals surface area contributed by atoms with Gasteiger partial charge in [0.25, 0.3) is 0 Å². The third-order valence-electron chi connectivity index (χ3n) is 2.10. The molecule has 0 spiro atoms. The lowest BCUT2D eigenvalue weighted by atomic mass is 10.1. The molecule has 0 aliphatic carbocycles. The van der Waals surface area contributed by atoms with Crippen molar-refractivity contribution in [3.05, 3.63) is 46.6 Å². The van der Waals surface area contributed by atoms with Gasteiger partial charge < -0.3 is 0 Å². The molecule has 1 heterocycles. The highest BCUT2D eigenvalue weighted by atomic mass is 16.1. The van der Waals surface area contributed by atoms with E-state index in [1.807, 2.05) is 0 Å². The summed E-state index contributed by atoms with van der Waals surface area (Å²) in [5, 5.41) is 5.91. The van der Waals surface area contributed by atoms with Crippen LogP contribution in [0.15, 0.2) is 35.4 Å². The van der Waals surface area contributed by atoms with Crippen molar-refractivity contribution in [1.29, 1.82) is 0 Å². The van der Waals surface area contributed by atoms with E-state index in [0.29, 0.717) is 11.3 Å². The number of ketones is 1. The quantitative estimate of drug-likeness (QED) is 0.733. The molecular formula is C10H9N3O2.